The van der Waals surface area contributed by atoms with E-state index in [0.29, 0.717) is 18.0 Å². The van der Waals surface area contributed by atoms with Gasteiger partial charge in [-0.2, -0.15) is 0 Å². The Balaban J connectivity index is 2.16. The number of anilines is 1. The molecule has 1 atom stereocenters. The lowest BCUT2D eigenvalue weighted by molar-refractivity contribution is -0.139. The molecule has 13 heteroatoms. The Labute approximate surface area is 273 Å². The lowest BCUT2D eigenvalue weighted by atomic mass is 10.1. The molecule has 1 N–H and O–H groups in total. The summed E-state index contributed by atoms with van der Waals surface area (Å²) in [4.78, 5) is 28.7. The Morgan fingerprint density at radius 2 is 1.51 bits per heavy atom. The van der Waals surface area contributed by atoms with Crippen molar-refractivity contribution < 1.29 is 37.0 Å². The van der Waals surface area contributed by atoms with Crippen LogP contribution in [0, 0.1) is 5.92 Å². The van der Waals surface area contributed by atoms with Crippen molar-refractivity contribution in [2.75, 3.05) is 45.8 Å². The number of hydrogen-bond acceptors (Lipinski definition) is 8. The first kappa shape index (κ1) is 35.5. The molecule has 0 radical (unpaired) electrons. The molecule has 0 heterocycles. The molecule has 2 amide bonds. The monoisotopic (exact) mass is 705 g/mol. The summed E-state index contributed by atoms with van der Waals surface area (Å²) in [5.41, 5.74) is 0.814. The van der Waals surface area contributed by atoms with Crippen LogP contribution in [-0.4, -0.2) is 72.7 Å². The minimum absolute atomic E-state index is 0.0496. The highest BCUT2D eigenvalue weighted by molar-refractivity contribution is 9.10. The number of nitrogens with zero attached hydrogens (tertiary/aromatic N) is 2. The van der Waals surface area contributed by atoms with Crippen molar-refractivity contribution in [2.45, 2.75) is 38.3 Å². The molecule has 0 saturated heterocycles. The Kier molecular flexibility index (Phi) is 12.5. The summed E-state index contributed by atoms with van der Waals surface area (Å²) in [5, 5.41) is 2.88. The van der Waals surface area contributed by atoms with Gasteiger partial charge in [-0.15, -0.1) is 0 Å². The zero-order chi connectivity index (χ0) is 33.3. The van der Waals surface area contributed by atoms with E-state index in [4.69, 9.17) is 18.9 Å². The Hall–Kier alpha value is -3.97. The molecule has 11 nitrogen and oxygen atoms in total. The topological polar surface area (TPSA) is 124 Å². The van der Waals surface area contributed by atoms with Crippen LogP contribution in [0.5, 0.6) is 23.0 Å². The van der Waals surface area contributed by atoms with Crippen LogP contribution in [0.4, 0.5) is 5.69 Å². The first-order chi connectivity index (χ1) is 21.4. The third kappa shape index (κ3) is 8.82. The number of benzene rings is 3. The Bertz CT molecular complexity index is 1600. The average molecular weight is 707 g/mol. The maximum Gasteiger partial charge on any atom is 0.265 e. The quantitative estimate of drug-likeness (QED) is 0.238. The lowest BCUT2D eigenvalue weighted by Gasteiger charge is -2.32. The number of amides is 2. The van der Waals surface area contributed by atoms with Gasteiger partial charge in [0.1, 0.15) is 24.1 Å². The molecule has 244 valence electrons. The highest BCUT2D eigenvalue weighted by Gasteiger charge is 2.34. The molecule has 0 aliphatic rings. The molecule has 45 heavy (non-hydrogen) atoms. The second-order valence-electron chi connectivity index (χ2n) is 10.5. The van der Waals surface area contributed by atoms with E-state index in [1.165, 1.54) is 57.6 Å². The van der Waals surface area contributed by atoms with Gasteiger partial charge in [0, 0.05) is 29.7 Å². The normalized spacial score (nSPS) is 11.8. The van der Waals surface area contributed by atoms with E-state index < -0.39 is 28.5 Å². The summed E-state index contributed by atoms with van der Waals surface area (Å²) in [6.45, 7) is 5.36. The van der Waals surface area contributed by atoms with Crippen LogP contribution in [0.2, 0.25) is 0 Å². The first-order valence-corrected chi connectivity index (χ1v) is 16.4. The van der Waals surface area contributed by atoms with Gasteiger partial charge in [-0.05, 0) is 54.8 Å². The summed E-state index contributed by atoms with van der Waals surface area (Å²) >= 11 is 3.45. The SMILES string of the molecule is COc1ccc(OC)c(N(CC(=O)N(Cc2cccc(Br)c2)C(C)C(=O)NCC(C)C)S(=O)(=O)c2ccc(OC)c(OC)c2)c1. The van der Waals surface area contributed by atoms with Crippen molar-refractivity contribution >= 4 is 43.5 Å². The number of sulfonamides is 1. The van der Waals surface area contributed by atoms with Gasteiger partial charge in [0.25, 0.3) is 10.0 Å². The van der Waals surface area contributed by atoms with Crippen molar-refractivity contribution in [3.63, 3.8) is 0 Å². The summed E-state index contributed by atoms with van der Waals surface area (Å²) in [7, 11) is 1.24. The number of halogens is 1. The van der Waals surface area contributed by atoms with Crippen LogP contribution < -0.4 is 28.6 Å². The Morgan fingerprint density at radius 1 is 0.844 bits per heavy atom. The number of nitrogens with one attached hydrogen (secondary N) is 1. The van der Waals surface area contributed by atoms with E-state index in [2.05, 4.69) is 21.2 Å². The molecule has 0 aromatic heterocycles. The van der Waals surface area contributed by atoms with Crippen LogP contribution in [0.3, 0.4) is 0 Å². The predicted octanol–water partition coefficient (Wildman–Crippen LogP) is 4.87. The fraction of sp³-hybridized carbons (Fsp3) is 0.375. The minimum Gasteiger partial charge on any atom is -0.497 e. The lowest BCUT2D eigenvalue weighted by Crippen LogP contribution is -2.51. The predicted molar refractivity (Wildman–Crippen MR) is 176 cm³/mol. The minimum atomic E-state index is -4.44. The number of hydrogen-bond donors (Lipinski definition) is 1. The van der Waals surface area contributed by atoms with Gasteiger partial charge < -0.3 is 29.2 Å². The summed E-state index contributed by atoms with van der Waals surface area (Å²) < 4.78 is 52.1. The molecule has 0 aliphatic carbocycles. The van der Waals surface area contributed by atoms with Crippen LogP contribution in [-0.2, 0) is 26.2 Å². The molecular weight excluding hydrogens is 666 g/mol. The molecule has 0 spiro atoms. The fourth-order valence-electron chi connectivity index (χ4n) is 4.48. The molecule has 3 aromatic carbocycles. The third-order valence-corrected chi connectivity index (χ3v) is 9.22. The molecule has 3 rings (SSSR count). The smallest absolute Gasteiger partial charge is 0.265 e. The van der Waals surface area contributed by atoms with E-state index >= 15 is 0 Å². The Morgan fingerprint density at radius 3 is 2.11 bits per heavy atom. The van der Waals surface area contributed by atoms with E-state index in [1.54, 1.807) is 19.1 Å². The van der Waals surface area contributed by atoms with E-state index in [0.717, 1.165) is 14.3 Å². The zero-order valence-corrected chi connectivity index (χ0v) is 28.9. The van der Waals surface area contributed by atoms with Crippen LogP contribution in [0.15, 0.2) is 70.0 Å². The largest absolute Gasteiger partial charge is 0.497 e. The molecule has 1 unspecified atom stereocenters. The van der Waals surface area contributed by atoms with Crippen molar-refractivity contribution in [2.24, 2.45) is 5.92 Å². The number of carbonyl (C=O) groups is 2. The standard InChI is InChI=1S/C32H40BrN3O8S/c1-21(2)18-34-32(38)22(3)35(19-23-9-8-10-24(33)15-23)31(37)20-36(27-16-25(41-4)11-13-28(27)42-5)45(39,40)26-12-14-29(43-6)30(17-26)44-7/h8-17,21-22H,18-20H2,1-7H3,(H,34,38). The second-order valence-corrected chi connectivity index (χ2v) is 13.3. The second kappa shape index (κ2) is 15.8. The number of rotatable bonds is 15. The first-order valence-electron chi connectivity index (χ1n) is 14.1. The summed E-state index contributed by atoms with van der Waals surface area (Å²) in [6.07, 6.45) is 0. The molecular formula is C32H40BrN3O8S. The van der Waals surface area contributed by atoms with Crippen LogP contribution in [0.25, 0.3) is 0 Å². The molecule has 0 bridgehead atoms. The van der Waals surface area contributed by atoms with Gasteiger partial charge in [-0.1, -0.05) is 41.9 Å². The van der Waals surface area contributed by atoms with Gasteiger partial charge in [-0.3, -0.25) is 13.9 Å². The summed E-state index contributed by atoms with van der Waals surface area (Å²) in [6, 6.07) is 15.2. The van der Waals surface area contributed by atoms with Crippen molar-refractivity contribution in [3.05, 3.63) is 70.7 Å². The molecule has 0 saturated carbocycles. The zero-order valence-electron chi connectivity index (χ0n) is 26.5. The summed E-state index contributed by atoms with van der Waals surface area (Å²) in [5.74, 6) is 0.273. The maximum absolute atomic E-state index is 14.4. The van der Waals surface area contributed by atoms with Crippen LogP contribution >= 0.6 is 15.9 Å². The van der Waals surface area contributed by atoms with E-state index in [1.807, 2.05) is 38.1 Å². The van der Waals surface area contributed by atoms with Gasteiger partial charge in [0.15, 0.2) is 11.5 Å². The fourth-order valence-corrected chi connectivity index (χ4v) is 6.36. The average Bonchev–Trinajstić information content (AvgIpc) is 3.03. The molecule has 0 fully saturated rings. The maximum atomic E-state index is 14.4. The van der Waals surface area contributed by atoms with Gasteiger partial charge in [0.05, 0.1) is 39.0 Å². The van der Waals surface area contributed by atoms with E-state index in [-0.39, 0.29) is 40.5 Å². The van der Waals surface area contributed by atoms with Crippen molar-refractivity contribution in [1.29, 1.82) is 0 Å². The third-order valence-electron chi connectivity index (χ3n) is 6.97. The van der Waals surface area contributed by atoms with Crippen LogP contribution in [0.1, 0.15) is 26.3 Å². The molecule has 3 aromatic rings. The van der Waals surface area contributed by atoms with E-state index in [9.17, 15) is 18.0 Å². The highest BCUT2D eigenvalue weighted by atomic mass is 79.9. The van der Waals surface area contributed by atoms with Crippen molar-refractivity contribution in [3.8, 4) is 23.0 Å². The number of ether oxygens (including phenoxy) is 4. The van der Waals surface area contributed by atoms with Gasteiger partial charge in [-0.25, -0.2) is 8.42 Å². The molecule has 0 aliphatic heterocycles. The van der Waals surface area contributed by atoms with Gasteiger partial charge >= 0.3 is 0 Å². The van der Waals surface area contributed by atoms with Gasteiger partial charge in [0.2, 0.25) is 11.8 Å². The highest BCUT2D eigenvalue weighted by Crippen LogP contribution is 2.37. The van der Waals surface area contributed by atoms with Crippen molar-refractivity contribution in [1.82, 2.24) is 10.2 Å². The number of methoxy groups -OCH3 is 4. The number of carbonyl (C=O) groups excluding carboxylic acids is 2.